The van der Waals surface area contributed by atoms with Crippen molar-refractivity contribution < 1.29 is 19.1 Å². The van der Waals surface area contributed by atoms with Crippen LogP contribution >= 0.6 is 0 Å². The fourth-order valence-corrected chi connectivity index (χ4v) is 2.17. The molecule has 0 bridgehead atoms. The highest BCUT2D eigenvalue weighted by molar-refractivity contribution is 5.86. The molecule has 1 rings (SSSR count). The van der Waals surface area contributed by atoms with Gasteiger partial charge in [0, 0.05) is 13.7 Å². The van der Waals surface area contributed by atoms with E-state index >= 15 is 0 Å². The fraction of sp³-hybridized carbons (Fsp3) is 0.846. The van der Waals surface area contributed by atoms with Gasteiger partial charge in [0.15, 0.2) is 0 Å². The van der Waals surface area contributed by atoms with E-state index in [-0.39, 0.29) is 18.4 Å². The summed E-state index contributed by atoms with van der Waals surface area (Å²) in [7, 11) is 2.89. The summed E-state index contributed by atoms with van der Waals surface area (Å²) in [4.78, 5) is 23.8. The fourth-order valence-electron chi connectivity index (χ4n) is 2.17. The van der Waals surface area contributed by atoms with Crippen molar-refractivity contribution >= 4 is 11.9 Å². The number of hydrogen-bond acceptors (Lipinski definition) is 5. The quantitative estimate of drug-likeness (QED) is 0.693. The lowest BCUT2D eigenvalue weighted by Crippen LogP contribution is -2.55. The van der Waals surface area contributed by atoms with Gasteiger partial charge in [-0.2, -0.15) is 0 Å². The van der Waals surface area contributed by atoms with Crippen molar-refractivity contribution in [1.82, 2.24) is 10.6 Å². The Hall–Kier alpha value is -1.14. The first-order valence-corrected chi connectivity index (χ1v) is 6.50. The molecule has 1 aliphatic rings. The van der Waals surface area contributed by atoms with Crippen molar-refractivity contribution in [2.24, 2.45) is 5.41 Å². The van der Waals surface area contributed by atoms with E-state index in [0.717, 1.165) is 13.1 Å². The number of piperidine rings is 1. The maximum Gasteiger partial charge on any atom is 0.313 e. The monoisotopic (exact) mass is 272 g/mol. The molecule has 0 spiro atoms. The second-order valence-corrected chi connectivity index (χ2v) is 5.51. The lowest BCUT2D eigenvalue weighted by atomic mass is 9.89. The molecule has 0 saturated carbocycles. The van der Waals surface area contributed by atoms with Crippen molar-refractivity contribution in [3.05, 3.63) is 0 Å². The van der Waals surface area contributed by atoms with Gasteiger partial charge in [-0.25, -0.2) is 0 Å². The Morgan fingerprint density at radius 2 is 1.84 bits per heavy atom. The first kappa shape index (κ1) is 15.9. The number of amides is 1. The second kappa shape index (κ2) is 6.34. The summed E-state index contributed by atoms with van der Waals surface area (Å²) in [5.74, 6) is -0.502. The molecule has 19 heavy (non-hydrogen) atoms. The van der Waals surface area contributed by atoms with Crippen LogP contribution in [0.15, 0.2) is 0 Å². The third-order valence-corrected chi connectivity index (χ3v) is 3.64. The summed E-state index contributed by atoms with van der Waals surface area (Å²) in [5, 5.41) is 6.00. The van der Waals surface area contributed by atoms with Crippen LogP contribution in [0.5, 0.6) is 0 Å². The first-order chi connectivity index (χ1) is 8.88. The molecule has 110 valence electrons. The Balaban J connectivity index is 2.61. The van der Waals surface area contributed by atoms with Gasteiger partial charge in [0.05, 0.1) is 12.5 Å². The van der Waals surface area contributed by atoms with Crippen molar-refractivity contribution in [1.29, 1.82) is 0 Å². The summed E-state index contributed by atoms with van der Waals surface area (Å²) >= 11 is 0. The lowest BCUT2D eigenvalue weighted by molar-refractivity contribution is -0.152. The van der Waals surface area contributed by atoms with Gasteiger partial charge in [0.25, 0.3) is 5.91 Å². The Kier molecular flexibility index (Phi) is 5.31. The minimum absolute atomic E-state index is 0.159. The summed E-state index contributed by atoms with van der Waals surface area (Å²) in [5.41, 5.74) is -1.52. The normalized spacial score (nSPS) is 18.7. The molecule has 0 aromatic heterocycles. The lowest BCUT2D eigenvalue weighted by Gasteiger charge is -2.35. The molecule has 0 aliphatic carbocycles. The molecule has 0 unspecified atom stereocenters. The van der Waals surface area contributed by atoms with Crippen LogP contribution in [0.1, 0.15) is 26.7 Å². The highest BCUT2D eigenvalue weighted by Gasteiger charge is 2.40. The number of carbonyl (C=O) groups is 2. The van der Waals surface area contributed by atoms with Crippen LogP contribution < -0.4 is 10.6 Å². The SMILES string of the molecule is COC(=O)C(C)(C)CNC(=O)C1(OC)CCNCC1. The summed E-state index contributed by atoms with van der Waals surface area (Å²) in [6.07, 6.45) is 1.27. The molecule has 1 amide bonds. The Bertz CT molecular complexity index is 336. The van der Waals surface area contributed by atoms with Crippen molar-refractivity contribution in [2.45, 2.75) is 32.3 Å². The molecular weight excluding hydrogens is 248 g/mol. The molecule has 1 aliphatic heterocycles. The topological polar surface area (TPSA) is 76.7 Å². The minimum atomic E-state index is -0.780. The molecule has 1 fully saturated rings. The second-order valence-electron chi connectivity index (χ2n) is 5.51. The highest BCUT2D eigenvalue weighted by Crippen LogP contribution is 2.23. The number of ether oxygens (including phenoxy) is 2. The number of methoxy groups -OCH3 is 2. The molecule has 0 aromatic rings. The minimum Gasteiger partial charge on any atom is -0.469 e. The van der Waals surface area contributed by atoms with Crippen molar-refractivity contribution in [3.8, 4) is 0 Å². The van der Waals surface area contributed by atoms with E-state index in [0.29, 0.717) is 12.8 Å². The van der Waals surface area contributed by atoms with Gasteiger partial charge >= 0.3 is 5.97 Å². The van der Waals surface area contributed by atoms with Gasteiger partial charge in [-0.05, 0) is 39.8 Å². The average molecular weight is 272 g/mol. The molecule has 1 heterocycles. The number of carbonyl (C=O) groups excluding carboxylic acids is 2. The van der Waals surface area contributed by atoms with E-state index in [1.54, 1.807) is 21.0 Å². The predicted octanol–water partition coefficient (Wildman–Crippen LogP) is 0.0704. The smallest absolute Gasteiger partial charge is 0.313 e. The van der Waals surface area contributed by atoms with Crippen LogP contribution in [0.25, 0.3) is 0 Å². The molecule has 6 heteroatoms. The molecule has 6 nitrogen and oxygen atoms in total. The van der Waals surface area contributed by atoms with Gasteiger partial charge in [-0.3, -0.25) is 9.59 Å². The van der Waals surface area contributed by atoms with Crippen LogP contribution in [0.3, 0.4) is 0 Å². The molecule has 0 radical (unpaired) electrons. The largest absolute Gasteiger partial charge is 0.469 e. The zero-order valence-corrected chi connectivity index (χ0v) is 12.2. The summed E-state index contributed by atoms with van der Waals surface area (Å²) in [6.45, 7) is 5.21. The van der Waals surface area contributed by atoms with Gasteiger partial charge in [0.2, 0.25) is 0 Å². The third-order valence-electron chi connectivity index (χ3n) is 3.64. The van der Waals surface area contributed by atoms with E-state index in [2.05, 4.69) is 10.6 Å². The molecule has 0 aromatic carbocycles. The maximum atomic E-state index is 12.3. The first-order valence-electron chi connectivity index (χ1n) is 6.50. The predicted molar refractivity (Wildman–Crippen MR) is 70.7 cm³/mol. The van der Waals surface area contributed by atoms with Gasteiger partial charge < -0.3 is 20.1 Å². The van der Waals surface area contributed by atoms with Crippen LogP contribution in [-0.2, 0) is 19.1 Å². The number of hydrogen-bond donors (Lipinski definition) is 2. The van der Waals surface area contributed by atoms with Crippen LogP contribution in [0.4, 0.5) is 0 Å². The average Bonchev–Trinajstić information content (AvgIpc) is 2.44. The van der Waals surface area contributed by atoms with E-state index in [1.165, 1.54) is 7.11 Å². The van der Waals surface area contributed by atoms with Crippen LogP contribution in [0.2, 0.25) is 0 Å². The number of esters is 1. The number of rotatable bonds is 5. The van der Waals surface area contributed by atoms with Crippen LogP contribution in [-0.4, -0.2) is 51.3 Å². The van der Waals surface area contributed by atoms with Gasteiger partial charge in [-0.15, -0.1) is 0 Å². The molecule has 1 saturated heterocycles. The van der Waals surface area contributed by atoms with Gasteiger partial charge in [0.1, 0.15) is 5.60 Å². The third kappa shape index (κ3) is 3.67. The molecular formula is C13H24N2O4. The van der Waals surface area contributed by atoms with Gasteiger partial charge in [-0.1, -0.05) is 0 Å². The highest BCUT2D eigenvalue weighted by atomic mass is 16.5. The maximum absolute atomic E-state index is 12.3. The van der Waals surface area contributed by atoms with Crippen LogP contribution in [0, 0.1) is 5.41 Å². The van der Waals surface area contributed by atoms with E-state index < -0.39 is 11.0 Å². The van der Waals surface area contributed by atoms with E-state index in [4.69, 9.17) is 9.47 Å². The molecule has 2 N–H and O–H groups in total. The molecule has 0 atom stereocenters. The number of nitrogens with one attached hydrogen (secondary N) is 2. The Morgan fingerprint density at radius 3 is 2.32 bits per heavy atom. The Morgan fingerprint density at radius 1 is 1.26 bits per heavy atom. The zero-order valence-electron chi connectivity index (χ0n) is 12.2. The van der Waals surface area contributed by atoms with Crippen molar-refractivity contribution in [3.63, 3.8) is 0 Å². The van der Waals surface area contributed by atoms with Crippen molar-refractivity contribution in [2.75, 3.05) is 33.9 Å². The van der Waals surface area contributed by atoms with E-state index in [1.807, 2.05) is 0 Å². The zero-order chi connectivity index (χ0) is 14.5. The Labute approximate surface area is 114 Å². The standard InChI is InChI=1S/C13H24N2O4/c1-12(2,11(17)18-3)9-15-10(16)13(19-4)5-7-14-8-6-13/h14H,5-9H2,1-4H3,(H,15,16). The summed E-state index contributed by atoms with van der Waals surface area (Å²) in [6, 6.07) is 0. The summed E-state index contributed by atoms with van der Waals surface area (Å²) < 4.78 is 10.1. The van der Waals surface area contributed by atoms with E-state index in [9.17, 15) is 9.59 Å².